The molecule has 0 aliphatic carbocycles. The Balaban J connectivity index is 3.39. The van der Waals surface area contributed by atoms with E-state index < -0.39 is 12.1 Å². The number of carbonyl (C=O) groups excluding carboxylic acids is 2. The van der Waals surface area contributed by atoms with Crippen LogP contribution in [-0.4, -0.2) is 47.4 Å². The van der Waals surface area contributed by atoms with Crippen LogP contribution in [0.15, 0.2) is 0 Å². The number of aliphatic hydroxyl groups excluding tert-OH is 2. The first-order valence-corrected chi connectivity index (χ1v) is 27.8. The highest BCUT2D eigenvalue weighted by molar-refractivity contribution is 5.76. The fraction of sp³-hybridized carbons (Fsp3) is 0.964. The molecule has 0 aromatic heterocycles. The molecule has 0 saturated carbocycles. The van der Waals surface area contributed by atoms with Gasteiger partial charge >= 0.3 is 5.97 Å². The van der Waals surface area contributed by atoms with E-state index in [4.69, 9.17) is 4.74 Å². The molecule has 2 atom stereocenters. The molecule has 0 aromatic carbocycles. The summed E-state index contributed by atoms with van der Waals surface area (Å²) in [5.41, 5.74) is 0. The molecule has 61 heavy (non-hydrogen) atoms. The monoisotopic (exact) mass is 864 g/mol. The van der Waals surface area contributed by atoms with E-state index in [1.165, 1.54) is 244 Å². The Bertz CT molecular complexity index is 867. The minimum absolute atomic E-state index is 0.00870. The van der Waals surface area contributed by atoms with E-state index in [1.807, 2.05) is 0 Å². The Kier molecular flexibility index (Phi) is 50.5. The Labute approximate surface area is 381 Å². The molecular formula is C55H109NO5. The van der Waals surface area contributed by atoms with Gasteiger partial charge in [0.05, 0.1) is 25.4 Å². The standard InChI is InChI=1S/C55H109NO5/c1-3-5-7-9-11-13-15-17-24-27-31-35-39-43-47-53(58)52(51-57)56-54(59)48-44-40-36-32-28-25-22-20-18-19-21-23-26-30-34-38-42-46-50-61-55(60)49-45-41-37-33-29-16-14-12-10-8-6-4-2/h52-53,57-58H,3-51H2,1-2H3,(H,56,59). The van der Waals surface area contributed by atoms with Gasteiger partial charge in [-0.05, 0) is 25.7 Å². The molecule has 2 unspecified atom stereocenters. The Hall–Kier alpha value is -1.14. The van der Waals surface area contributed by atoms with Gasteiger partial charge in [0.2, 0.25) is 5.91 Å². The van der Waals surface area contributed by atoms with Crippen molar-refractivity contribution >= 4 is 11.9 Å². The van der Waals surface area contributed by atoms with Gasteiger partial charge in [-0.2, -0.15) is 0 Å². The average molecular weight is 864 g/mol. The third-order valence-electron chi connectivity index (χ3n) is 13.2. The maximum absolute atomic E-state index is 12.5. The van der Waals surface area contributed by atoms with Crippen LogP contribution in [0.4, 0.5) is 0 Å². The second kappa shape index (κ2) is 51.5. The lowest BCUT2D eigenvalue weighted by Gasteiger charge is -2.22. The third kappa shape index (κ3) is 48.2. The van der Waals surface area contributed by atoms with Gasteiger partial charge < -0.3 is 20.3 Å². The minimum atomic E-state index is -0.665. The van der Waals surface area contributed by atoms with Gasteiger partial charge in [-0.1, -0.05) is 277 Å². The van der Waals surface area contributed by atoms with Crippen molar-refractivity contribution in [3.05, 3.63) is 0 Å². The minimum Gasteiger partial charge on any atom is -0.466 e. The summed E-state index contributed by atoms with van der Waals surface area (Å²) in [6.45, 7) is 4.96. The Morgan fingerprint density at radius 3 is 1.00 bits per heavy atom. The number of carbonyl (C=O) groups is 2. The summed E-state index contributed by atoms with van der Waals surface area (Å²) in [6.07, 6.45) is 58.0. The van der Waals surface area contributed by atoms with E-state index >= 15 is 0 Å². The van der Waals surface area contributed by atoms with Crippen LogP contribution in [0.2, 0.25) is 0 Å². The van der Waals surface area contributed by atoms with E-state index in [0.29, 0.717) is 25.9 Å². The predicted molar refractivity (Wildman–Crippen MR) is 264 cm³/mol. The first-order valence-electron chi connectivity index (χ1n) is 27.8. The zero-order chi connectivity index (χ0) is 44.4. The van der Waals surface area contributed by atoms with Gasteiger partial charge in [0.1, 0.15) is 0 Å². The molecule has 0 rings (SSSR count). The molecule has 0 aliphatic rings. The fourth-order valence-corrected chi connectivity index (χ4v) is 8.88. The highest BCUT2D eigenvalue weighted by Gasteiger charge is 2.20. The number of hydrogen-bond donors (Lipinski definition) is 3. The molecule has 6 heteroatoms. The normalized spacial score (nSPS) is 12.5. The van der Waals surface area contributed by atoms with Crippen molar-refractivity contribution in [2.75, 3.05) is 13.2 Å². The van der Waals surface area contributed by atoms with Crippen molar-refractivity contribution in [1.29, 1.82) is 0 Å². The molecule has 0 spiro atoms. The predicted octanol–water partition coefficient (Wildman–Crippen LogP) is 16.7. The molecule has 0 aliphatic heterocycles. The second-order valence-corrected chi connectivity index (χ2v) is 19.3. The summed E-state index contributed by atoms with van der Waals surface area (Å²) < 4.78 is 5.47. The van der Waals surface area contributed by atoms with Crippen molar-refractivity contribution in [3.63, 3.8) is 0 Å². The lowest BCUT2D eigenvalue weighted by molar-refractivity contribution is -0.143. The van der Waals surface area contributed by atoms with E-state index in [0.717, 1.165) is 38.5 Å². The number of esters is 1. The van der Waals surface area contributed by atoms with E-state index in [-0.39, 0.29) is 18.5 Å². The number of unbranched alkanes of at least 4 members (excludes halogenated alkanes) is 41. The van der Waals surface area contributed by atoms with Gasteiger partial charge in [0.15, 0.2) is 0 Å². The third-order valence-corrected chi connectivity index (χ3v) is 13.2. The molecule has 364 valence electrons. The molecule has 0 heterocycles. The van der Waals surface area contributed by atoms with Crippen LogP contribution in [-0.2, 0) is 14.3 Å². The highest BCUT2D eigenvalue weighted by Crippen LogP contribution is 2.18. The number of nitrogens with one attached hydrogen (secondary N) is 1. The van der Waals surface area contributed by atoms with Crippen LogP contribution < -0.4 is 5.32 Å². The van der Waals surface area contributed by atoms with Crippen molar-refractivity contribution in [2.45, 2.75) is 328 Å². The van der Waals surface area contributed by atoms with Gasteiger partial charge in [0, 0.05) is 12.8 Å². The van der Waals surface area contributed by atoms with Gasteiger partial charge in [-0.15, -0.1) is 0 Å². The summed E-state index contributed by atoms with van der Waals surface area (Å²) in [5.74, 6) is -0.0282. The zero-order valence-corrected chi connectivity index (χ0v) is 41.4. The maximum atomic E-state index is 12.5. The Morgan fingerprint density at radius 1 is 0.393 bits per heavy atom. The van der Waals surface area contributed by atoms with Crippen LogP contribution >= 0.6 is 0 Å². The van der Waals surface area contributed by atoms with Crippen molar-refractivity contribution < 1.29 is 24.5 Å². The van der Waals surface area contributed by atoms with Crippen molar-refractivity contribution in [2.24, 2.45) is 0 Å². The SMILES string of the molecule is CCCCCCCCCCCCCCCCC(O)C(CO)NC(=O)CCCCCCCCCCCCCCCCCCCCOC(=O)CCCCCCCCCCCCCC. The topological polar surface area (TPSA) is 95.9 Å². The lowest BCUT2D eigenvalue weighted by Crippen LogP contribution is -2.45. The zero-order valence-electron chi connectivity index (χ0n) is 41.4. The molecule has 1 amide bonds. The molecule has 3 N–H and O–H groups in total. The number of amides is 1. The van der Waals surface area contributed by atoms with Crippen LogP contribution in [0, 0.1) is 0 Å². The smallest absolute Gasteiger partial charge is 0.305 e. The van der Waals surface area contributed by atoms with Crippen LogP contribution in [0.3, 0.4) is 0 Å². The molecule has 0 saturated heterocycles. The lowest BCUT2D eigenvalue weighted by atomic mass is 10.0. The number of aliphatic hydroxyl groups is 2. The molecular weight excluding hydrogens is 755 g/mol. The summed E-state index contributed by atoms with van der Waals surface area (Å²) in [5, 5.41) is 23.2. The maximum Gasteiger partial charge on any atom is 0.305 e. The van der Waals surface area contributed by atoms with E-state index in [9.17, 15) is 19.8 Å². The number of ether oxygens (including phenoxy) is 1. The van der Waals surface area contributed by atoms with Gasteiger partial charge in [0.25, 0.3) is 0 Å². The summed E-state index contributed by atoms with van der Waals surface area (Å²) in [6, 6.07) is -0.542. The van der Waals surface area contributed by atoms with Gasteiger partial charge in [-0.25, -0.2) is 0 Å². The second-order valence-electron chi connectivity index (χ2n) is 19.3. The molecule has 0 radical (unpaired) electrons. The average Bonchev–Trinajstić information content (AvgIpc) is 3.26. The summed E-state index contributed by atoms with van der Waals surface area (Å²) in [4.78, 5) is 24.5. The van der Waals surface area contributed by atoms with E-state index in [1.54, 1.807) is 0 Å². The molecule has 0 fully saturated rings. The Morgan fingerprint density at radius 2 is 0.672 bits per heavy atom. The first-order chi connectivity index (χ1) is 30.0. The van der Waals surface area contributed by atoms with Crippen molar-refractivity contribution in [3.8, 4) is 0 Å². The molecule has 0 aromatic rings. The fourth-order valence-electron chi connectivity index (χ4n) is 8.88. The van der Waals surface area contributed by atoms with E-state index in [2.05, 4.69) is 19.2 Å². The quantitative estimate of drug-likeness (QED) is 0.0418. The number of rotatable bonds is 52. The number of hydrogen-bond acceptors (Lipinski definition) is 5. The van der Waals surface area contributed by atoms with Crippen molar-refractivity contribution in [1.82, 2.24) is 5.32 Å². The summed E-state index contributed by atoms with van der Waals surface area (Å²) >= 11 is 0. The van der Waals surface area contributed by atoms with Gasteiger partial charge in [-0.3, -0.25) is 9.59 Å². The first kappa shape index (κ1) is 59.9. The van der Waals surface area contributed by atoms with Crippen LogP contribution in [0.25, 0.3) is 0 Å². The largest absolute Gasteiger partial charge is 0.466 e. The summed E-state index contributed by atoms with van der Waals surface area (Å²) in [7, 11) is 0. The van der Waals surface area contributed by atoms with Crippen LogP contribution in [0.1, 0.15) is 316 Å². The molecule has 0 bridgehead atoms. The highest BCUT2D eigenvalue weighted by atomic mass is 16.5. The van der Waals surface area contributed by atoms with Crippen LogP contribution in [0.5, 0.6) is 0 Å². The molecule has 6 nitrogen and oxygen atoms in total.